The van der Waals surface area contributed by atoms with Gasteiger partial charge in [0.25, 0.3) is 0 Å². The number of alkyl halides is 2. The molecule has 0 bridgehead atoms. The summed E-state index contributed by atoms with van der Waals surface area (Å²) in [6.45, 7) is 0.0801. The molecule has 28 heavy (non-hydrogen) atoms. The van der Waals surface area contributed by atoms with Gasteiger partial charge in [-0.3, -0.25) is 4.79 Å². The first-order valence-electron chi connectivity index (χ1n) is 8.75. The molecule has 0 saturated carbocycles. The van der Waals surface area contributed by atoms with E-state index < -0.39 is 11.9 Å². The summed E-state index contributed by atoms with van der Waals surface area (Å²) in [5.41, 5.74) is 0.582. The SMILES string of the molecule is C[C@@H](Sc1nnc(-c2ccc(OC(F)F)cc2)n1N)C(=O)NC[C@H]1CCCO1. The highest BCUT2D eigenvalue weighted by Gasteiger charge is 2.22. The second-order valence-electron chi connectivity index (χ2n) is 6.22. The van der Waals surface area contributed by atoms with Crippen molar-refractivity contribution in [2.24, 2.45) is 0 Å². The van der Waals surface area contributed by atoms with E-state index in [1.54, 1.807) is 19.1 Å². The van der Waals surface area contributed by atoms with Crippen LogP contribution in [0.1, 0.15) is 19.8 Å². The zero-order valence-electron chi connectivity index (χ0n) is 15.2. The van der Waals surface area contributed by atoms with Crippen molar-refractivity contribution in [3.63, 3.8) is 0 Å². The lowest BCUT2D eigenvalue weighted by Crippen LogP contribution is -2.36. The number of nitrogens with two attached hydrogens (primary N) is 1. The molecule has 1 amide bonds. The Bertz CT molecular complexity index is 797. The second kappa shape index (κ2) is 9.20. The largest absolute Gasteiger partial charge is 0.435 e. The molecule has 1 aliphatic rings. The summed E-state index contributed by atoms with van der Waals surface area (Å²) in [4.78, 5) is 12.3. The van der Waals surface area contributed by atoms with Gasteiger partial charge >= 0.3 is 6.61 Å². The number of carbonyl (C=O) groups is 1. The Morgan fingerprint density at radius 2 is 2.18 bits per heavy atom. The standard InChI is InChI=1S/C17H21F2N5O3S/c1-10(15(25)21-9-13-3-2-8-26-13)28-17-23-22-14(24(17)20)11-4-6-12(7-5-11)27-16(18)19/h4-7,10,13,16H,2-3,8-9,20H2,1H3,(H,21,25)/t10-,13-/m1/s1. The maximum Gasteiger partial charge on any atom is 0.387 e. The molecule has 2 atom stereocenters. The van der Waals surface area contributed by atoms with Crippen molar-refractivity contribution < 1.29 is 23.0 Å². The first kappa shape index (κ1) is 20.3. The Hall–Kier alpha value is -2.40. The summed E-state index contributed by atoms with van der Waals surface area (Å²) < 4.78 is 35.5. The van der Waals surface area contributed by atoms with Gasteiger partial charge in [0.15, 0.2) is 5.82 Å². The van der Waals surface area contributed by atoms with E-state index in [4.69, 9.17) is 10.6 Å². The minimum atomic E-state index is -2.89. The van der Waals surface area contributed by atoms with Gasteiger partial charge in [0.05, 0.1) is 11.4 Å². The lowest BCUT2D eigenvalue weighted by molar-refractivity contribution is -0.120. The maximum atomic E-state index is 12.3. The van der Waals surface area contributed by atoms with Crippen LogP contribution in [-0.2, 0) is 9.53 Å². The fourth-order valence-electron chi connectivity index (χ4n) is 2.71. The summed E-state index contributed by atoms with van der Waals surface area (Å²) in [7, 11) is 0. The van der Waals surface area contributed by atoms with E-state index in [1.165, 1.54) is 28.6 Å². The van der Waals surface area contributed by atoms with Gasteiger partial charge in [-0.2, -0.15) is 8.78 Å². The van der Waals surface area contributed by atoms with Crippen molar-refractivity contribution in [3.8, 4) is 17.1 Å². The van der Waals surface area contributed by atoms with Crippen LogP contribution >= 0.6 is 11.8 Å². The van der Waals surface area contributed by atoms with Crippen LogP contribution in [0.2, 0.25) is 0 Å². The second-order valence-corrected chi connectivity index (χ2v) is 7.53. The van der Waals surface area contributed by atoms with Crippen LogP contribution in [0.25, 0.3) is 11.4 Å². The predicted molar refractivity (Wildman–Crippen MR) is 99.5 cm³/mol. The number of carbonyl (C=O) groups excluding carboxylic acids is 1. The number of nitrogens with one attached hydrogen (secondary N) is 1. The van der Waals surface area contributed by atoms with Crippen LogP contribution in [0.5, 0.6) is 5.75 Å². The number of benzene rings is 1. The van der Waals surface area contributed by atoms with Crippen molar-refractivity contribution in [1.29, 1.82) is 0 Å². The van der Waals surface area contributed by atoms with E-state index in [2.05, 4.69) is 20.3 Å². The van der Waals surface area contributed by atoms with Crippen LogP contribution in [0, 0.1) is 0 Å². The Balaban J connectivity index is 1.59. The Labute approximate surface area is 164 Å². The fraction of sp³-hybridized carbons (Fsp3) is 0.471. The summed E-state index contributed by atoms with van der Waals surface area (Å²) in [6.07, 6.45) is 2.03. The van der Waals surface area contributed by atoms with Gasteiger partial charge in [-0.1, -0.05) is 11.8 Å². The van der Waals surface area contributed by atoms with Crippen LogP contribution in [0.3, 0.4) is 0 Å². The molecule has 152 valence electrons. The molecule has 1 saturated heterocycles. The number of hydrogen-bond donors (Lipinski definition) is 2. The van der Waals surface area contributed by atoms with Gasteiger partial charge in [0.2, 0.25) is 11.1 Å². The average Bonchev–Trinajstić information content (AvgIpc) is 3.30. The number of halogens is 2. The normalized spacial score (nSPS) is 17.6. The highest BCUT2D eigenvalue weighted by Crippen LogP contribution is 2.26. The molecule has 8 nitrogen and oxygen atoms in total. The number of ether oxygens (including phenoxy) is 2. The van der Waals surface area contributed by atoms with Gasteiger partial charge in [0, 0.05) is 18.7 Å². The van der Waals surface area contributed by atoms with Crippen molar-refractivity contribution >= 4 is 17.7 Å². The van der Waals surface area contributed by atoms with Gasteiger partial charge in [-0.25, -0.2) is 4.68 Å². The van der Waals surface area contributed by atoms with Gasteiger partial charge in [0.1, 0.15) is 5.75 Å². The zero-order valence-corrected chi connectivity index (χ0v) is 16.0. The van der Waals surface area contributed by atoms with Crippen molar-refractivity contribution in [2.75, 3.05) is 19.0 Å². The molecule has 2 heterocycles. The first-order valence-corrected chi connectivity index (χ1v) is 9.63. The van der Waals surface area contributed by atoms with Crippen LogP contribution in [0.15, 0.2) is 29.4 Å². The minimum absolute atomic E-state index is 0.0352. The maximum absolute atomic E-state index is 12.3. The first-order chi connectivity index (χ1) is 13.4. The highest BCUT2D eigenvalue weighted by molar-refractivity contribution is 8.00. The highest BCUT2D eigenvalue weighted by atomic mass is 32.2. The van der Waals surface area contributed by atoms with E-state index in [-0.39, 0.29) is 17.8 Å². The minimum Gasteiger partial charge on any atom is -0.435 e. The fourth-order valence-corrected chi connectivity index (χ4v) is 3.51. The average molecular weight is 413 g/mol. The number of thioether (sulfide) groups is 1. The molecule has 11 heteroatoms. The summed E-state index contributed by atoms with van der Waals surface area (Å²) >= 11 is 1.18. The van der Waals surface area contributed by atoms with E-state index in [0.717, 1.165) is 19.4 Å². The molecule has 1 aliphatic heterocycles. The molecule has 2 aromatic rings. The third-order valence-electron chi connectivity index (χ3n) is 4.18. The summed E-state index contributed by atoms with van der Waals surface area (Å²) in [6, 6.07) is 5.89. The third kappa shape index (κ3) is 5.10. The molecule has 0 unspecified atom stereocenters. The Morgan fingerprint density at radius 1 is 1.43 bits per heavy atom. The predicted octanol–water partition coefficient (Wildman–Crippen LogP) is 2.04. The number of nitrogen functional groups attached to an aromatic ring is 1. The summed E-state index contributed by atoms with van der Waals surface area (Å²) in [5.74, 6) is 6.28. The van der Waals surface area contributed by atoms with Gasteiger partial charge < -0.3 is 20.6 Å². The van der Waals surface area contributed by atoms with Crippen LogP contribution < -0.4 is 15.9 Å². The molecule has 3 N–H and O–H groups in total. The molecular formula is C17H21F2N5O3S. The monoisotopic (exact) mass is 413 g/mol. The number of hydrogen-bond acceptors (Lipinski definition) is 7. The molecule has 1 aromatic heterocycles. The Morgan fingerprint density at radius 3 is 2.82 bits per heavy atom. The zero-order chi connectivity index (χ0) is 20.1. The van der Waals surface area contributed by atoms with E-state index in [1.807, 2.05) is 0 Å². The molecule has 1 fully saturated rings. The lowest BCUT2D eigenvalue weighted by Gasteiger charge is -2.14. The molecule has 0 aliphatic carbocycles. The molecule has 0 radical (unpaired) electrons. The van der Waals surface area contributed by atoms with Crippen molar-refractivity contribution in [3.05, 3.63) is 24.3 Å². The molecule has 3 rings (SSSR count). The Kier molecular flexibility index (Phi) is 6.68. The number of rotatable bonds is 8. The quantitative estimate of drug-likeness (QED) is 0.504. The van der Waals surface area contributed by atoms with Gasteiger partial charge in [-0.05, 0) is 44.0 Å². The topological polar surface area (TPSA) is 104 Å². The number of amides is 1. The van der Waals surface area contributed by atoms with E-state index in [0.29, 0.717) is 23.1 Å². The molecular weight excluding hydrogens is 392 g/mol. The number of nitrogens with zero attached hydrogens (tertiary/aromatic N) is 3. The van der Waals surface area contributed by atoms with Crippen LogP contribution in [0.4, 0.5) is 8.78 Å². The van der Waals surface area contributed by atoms with E-state index in [9.17, 15) is 13.6 Å². The van der Waals surface area contributed by atoms with Crippen molar-refractivity contribution in [2.45, 2.75) is 42.9 Å². The van der Waals surface area contributed by atoms with Crippen molar-refractivity contribution in [1.82, 2.24) is 20.2 Å². The summed E-state index contributed by atoms with van der Waals surface area (Å²) in [5, 5.41) is 10.8. The molecule has 1 aromatic carbocycles. The van der Waals surface area contributed by atoms with E-state index >= 15 is 0 Å². The van der Waals surface area contributed by atoms with Crippen LogP contribution in [-0.4, -0.2) is 51.9 Å². The lowest BCUT2D eigenvalue weighted by atomic mass is 10.2. The van der Waals surface area contributed by atoms with Gasteiger partial charge in [-0.15, -0.1) is 10.2 Å². The third-order valence-corrected chi connectivity index (χ3v) is 5.24. The smallest absolute Gasteiger partial charge is 0.387 e. The number of aromatic nitrogens is 3. The molecule has 0 spiro atoms.